The highest BCUT2D eigenvalue weighted by molar-refractivity contribution is 5.95. The predicted molar refractivity (Wildman–Crippen MR) is 85.8 cm³/mol. The molecule has 7 heteroatoms. The number of nitro benzene ring substituents is 1. The van der Waals surface area contributed by atoms with E-state index in [1.807, 2.05) is 25.1 Å². The molecule has 1 amide bonds. The van der Waals surface area contributed by atoms with Crippen LogP contribution in [0.1, 0.15) is 22.8 Å². The van der Waals surface area contributed by atoms with Crippen molar-refractivity contribution in [2.45, 2.75) is 6.92 Å². The van der Waals surface area contributed by atoms with Gasteiger partial charge in [0.2, 0.25) is 0 Å². The number of nitrogens with zero attached hydrogens (tertiary/aromatic N) is 2. The van der Waals surface area contributed by atoms with Crippen molar-refractivity contribution in [3.63, 3.8) is 0 Å². The van der Waals surface area contributed by atoms with Crippen molar-refractivity contribution < 1.29 is 14.5 Å². The molecule has 0 heterocycles. The summed E-state index contributed by atoms with van der Waals surface area (Å²) in [6, 6.07) is 12.7. The summed E-state index contributed by atoms with van der Waals surface area (Å²) in [7, 11) is 0. The fourth-order valence-electron chi connectivity index (χ4n) is 1.84. The number of rotatable bonds is 6. The second-order valence-electron chi connectivity index (χ2n) is 4.51. The van der Waals surface area contributed by atoms with Crippen molar-refractivity contribution in [2.24, 2.45) is 5.10 Å². The molecule has 2 rings (SSSR count). The molecule has 23 heavy (non-hydrogen) atoms. The van der Waals surface area contributed by atoms with Crippen LogP contribution in [0.5, 0.6) is 5.75 Å². The van der Waals surface area contributed by atoms with Gasteiger partial charge in [0.1, 0.15) is 5.75 Å². The summed E-state index contributed by atoms with van der Waals surface area (Å²) in [4.78, 5) is 22.0. The summed E-state index contributed by atoms with van der Waals surface area (Å²) in [5.74, 6) is 0.187. The van der Waals surface area contributed by atoms with E-state index in [9.17, 15) is 14.9 Å². The number of carbonyl (C=O) groups is 1. The fourth-order valence-corrected chi connectivity index (χ4v) is 1.84. The number of benzene rings is 2. The lowest BCUT2D eigenvalue weighted by Gasteiger charge is -2.03. The third-order valence-corrected chi connectivity index (χ3v) is 2.87. The number of hydrogen-bond acceptors (Lipinski definition) is 5. The molecule has 0 aliphatic carbocycles. The lowest BCUT2D eigenvalue weighted by molar-refractivity contribution is -0.384. The van der Waals surface area contributed by atoms with E-state index >= 15 is 0 Å². The molecule has 0 aromatic heterocycles. The van der Waals surface area contributed by atoms with Gasteiger partial charge in [0.05, 0.1) is 17.7 Å². The smallest absolute Gasteiger partial charge is 0.271 e. The highest BCUT2D eigenvalue weighted by atomic mass is 16.6. The molecule has 1 N–H and O–H groups in total. The molecule has 0 aliphatic rings. The topological polar surface area (TPSA) is 93.8 Å². The van der Waals surface area contributed by atoms with Crippen LogP contribution in [-0.4, -0.2) is 23.7 Å². The van der Waals surface area contributed by atoms with Crippen molar-refractivity contribution >= 4 is 17.8 Å². The largest absolute Gasteiger partial charge is 0.494 e. The van der Waals surface area contributed by atoms with Crippen LogP contribution in [0, 0.1) is 10.1 Å². The third-order valence-electron chi connectivity index (χ3n) is 2.87. The van der Waals surface area contributed by atoms with E-state index in [1.165, 1.54) is 30.5 Å². The van der Waals surface area contributed by atoms with E-state index in [0.29, 0.717) is 12.4 Å². The molecule has 0 spiro atoms. The number of carbonyl (C=O) groups excluding carboxylic acids is 1. The standard InChI is InChI=1S/C16H15N3O4/c1-2-23-15-8-3-5-12(9-15)11-17-18-16(20)13-6-4-7-14(10-13)19(21)22/h3-11H,2H2,1H3,(H,18,20)/b17-11+. The number of nitro groups is 1. The lowest BCUT2D eigenvalue weighted by Crippen LogP contribution is -2.17. The van der Waals surface area contributed by atoms with Crippen molar-refractivity contribution in [3.05, 3.63) is 69.8 Å². The molecule has 0 radical (unpaired) electrons. The van der Waals surface area contributed by atoms with Gasteiger partial charge in [0.15, 0.2) is 0 Å². The first-order valence-corrected chi connectivity index (χ1v) is 6.91. The summed E-state index contributed by atoms with van der Waals surface area (Å²) in [6.45, 7) is 2.45. The molecule has 0 fully saturated rings. The maximum absolute atomic E-state index is 11.9. The van der Waals surface area contributed by atoms with Crippen molar-refractivity contribution in [1.29, 1.82) is 0 Å². The minimum atomic E-state index is -0.556. The van der Waals surface area contributed by atoms with E-state index in [0.717, 1.165) is 5.56 Å². The molecule has 0 saturated heterocycles. The van der Waals surface area contributed by atoms with E-state index in [1.54, 1.807) is 6.07 Å². The van der Waals surface area contributed by atoms with Crippen LogP contribution in [0.3, 0.4) is 0 Å². The van der Waals surface area contributed by atoms with Gasteiger partial charge in [-0.25, -0.2) is 5.43 Å². The number of nitrogens with one attached hydrogen (secondary N) is 1. The number of hydrazone groups is 1. The highest BCUT2D eigenvalue weighted by Gasteiger charge is 2.10. The Bertz CT molecular complexity index is 744. The molecule has 0 atom stereocenters. The van der Waals surface area contributed by atoms with Gasteiger partial charge < -0.3 is 4.74 Å². The van der Waals surface area contributed by atoms with Gasteiger partial charge in [0, 0.05) is 17.7 Å². The molecule has 0 saturated carbocycles. The molecule has 0 aliphatic heterocycles. The van der Waals surface area contributed by atoms with E-state index in [4.69, 9.17) is 4.74 Å². The highest BCUT2D eigenvalue weighted by Crippen LogP contribution is 2.13. The number of amides is 1. The van der Waals surface area contributed by atoms with Crippen LogP contribution in [0.25, 0.3) is 0 Å². The molecular formula is C16H15N3O4. The van der Waals surface area contributed by atoms with Gasteiger partial charge >= 0.3 is 0 Å². The van der Waals surface area contributed by atoms with Crippen molar-refractivity contribution in [3.8, 4) is 5.75 Å². The quantitative estimate of drug-likeness (QED) is 0.504. The van der Waals surface area contributed by atoms with Crippen LogP contribution in [0.2, 0.25) is 0 Å². The first-order chi connectivity index (χ1) is 11.1. The van der Waals surface area contributed by atoms with Crippen molar-refractivity contribution in [1.82, 2.24) is 5.43 Å². The Morgan fingerprint density at radius 3 is 2.83 bits per heavy atom. The number of non-ortho nitro benzene ring substituents is 1. The van der Waals surface area contributed by atoms with Crippen LogP contribution < -0.4 is 10.2 Å². The van der Waals surface area contributed by atoms with Crippen LogP contribution in [-0.2, 0) is 0 Å². The third kappa shape index (κ3) is 4.63. The second-order valence-corrected chi connectivity index (χ2v) is 4.51. The monoisotopic (exact) mass is 313 g/mol. The predicted octanol–water partition coefficient (Wildman–Crippen LogP) is 2.76. The van der Waals surface area contributed by atoms with Crippen molar-refractivity contribution in [2.75, 3.05) is 6.61 Å². The second kappa shape index (κ2) is 7.69. The van der Waals surface area contributed by atoms with Gasteiger partial charge in [-0.15, -0.1) is 0 Å². The zero-order valence-electron chi connectivity index (χ0n) is 12.4. The van der Waals surface area contributed by atoms with E-state index in [2.05, 4.69) is 10.5 Å². The van der Waals surface area contributed by atoms with Crippen LogP contribution >= 0.6 is 0 Å². The first-order valence-electron chi connectivity index (χ1n) is 6.91. The molecule has 0 unspecified atom stereocenters. The molecule has 118 valence electrons. The molecule has 2 aromatic carbocycles. The van der Waals surface area contributed by atoms with Gasteiger partial charge in [-0.2, -0.15) is 5.10 Å². The maximum Gasteiger partial charge on any atom is 0.271 e. The summed E-state index contributed by atoms with van der Waals surface area (Å²) < 4.78 is 5.37. The summed E-state index contributed by atoms with van der Waals surface area (Å²) in [5, 5.41) is 14.5. The van der Waals surface area contributed by atoms with Gasteiger partial charge in [-0.3, -0.25) is 14.9 Å². The normalized spacial score (nSPS) is 10.5. The van der Waals surface area contributed by atoms with E-state index < -0.39 is 10.8 Å². The zero-order chi connectivity index (χ0) is 16.7. The Labute approximate surface area is 132 Å². The molecule has 0 bridgehead atoms. The van der Waals surface area contributed by atoms with E-state index in [-0.39, 0.29) is 11.3 Å². The van der Waals surface area contributed by atoms with Crippen LogP contribution in [0.4, 0.5) is 5.69 Å². The first kappa shape index (κ1) is 16.2. The SMILES string of the molecule is CCOc1cccc(/C=N/NC(=O)c2cccc([N+](=O)[O-])c2)c1. The zero-order valence-corrected chi connectivity index (χ0v) is 12.4. The summed E-state index contributed by atoms with van der Waals surface area (Å²) >= 11 is 0. The Kier molecular flexibility index (Phi) is 5.40. The Hall–Kier alpha value is -3.22. The summed E-state index contributed by atoms with van der Waals surface area (Å²) in [6.07, 6.45) is 1.47. The maximum atomic E-state index is 11.9. The average Bonchev–Trinajstić information content (AvgIpc) is 2.55. The van der Waals surface area contributed by atoms with Crippen LogP contribution in [0.15, 0.2) is 53.6 Å². The Balaban J connectivity index is 2.02. The Morgan fingerprint density at radius 2 is 2.09 bits per heavy atom. The molecule has 2 aromatic rings. The number of ether oxygens (including phenoxy) is 1. The van der Waals surface area contributed by atoms with Gasteiger partial charge in [-0.1, -0.05) is 18.2 Å². The van der Waals surface area contributed by atoms with Gasteiger partial charge in [-0.05, 0) is 30.7 Å². The lowest BCUT2D eigenvalue weighted by atomic mass is 10.2. The molecule has 7 nitrogen and oxygen atoms in total. The van der Waals surface area contributed by atoms with Gasteiger partial charge in [0.25, 0.3) is 11.6 Å². The Morgan fingerprint density at radius 1 is 1.30 bits per heavy atom. The fraction of sp³-hybridized carbons (Fsp3) is 0.125. The minimum absolute atomic E-state index is 0.147. The minimum Gasteiger partial charge on any atom is -0.494 e. The summed E-state index contributed by atoms with van der Waals surface area (Å²) in [5.41, 5.74) is 3.11. The number of hydrogen-bond donors (Lipinski definition) is 1. The molecular weight excluding hydrogens is 298 g/mol. The average molecular weight is 313 g/mol.